The van der Waals surface area contributed by atoms with E-state index in [2.05, 4.69) is 86.1 Å². The molecule has 0 aliphatic rings. The number of benzene rings is 1. The quantitative estimate of drug-likeness (QED) is 0.717. The first-order valence-electron chi connectivity index (χ1n) is 7.13. The highest BCUT2D eigenvalue weighted by atomic mass is 79.9. The van der Waals surface area contributed by atoms with Crippen molar-refractivity contribution < 1.29 is 0 Å². The van der Waals surface area contributed by atoms with Gasteiger partial charge in [-0.3, -0.25) is 0 Å². The molecule has 0 aliphatic carbocycles. The first kappa shape index (κ1) is 16.4. The normalized spacial score (nSPS) is 10.7. The average molecular weight is 413 g/mol. The van der Waals surface area contributed by atoms with Gasteiger partial charge in [0, 0.05) is 16.6 Å². The molecule has 0 saturated carbocycles. The highest BCUT2D eigenvalue weighted by Gasteiger charge is 2.12. The summed E-state index contributed by atoms with van der Waals surface area (Å²) in [6.07, 6.45) is 1.92. The molecule has 0 atom stereocenters. The molecule has 21 heavy (non-hydrogen) atoms. The molecular formula is C16H19Br2N3. The van der Waals surface area contributed by atoms with E-state index in [1.165, 1.54) is 5.56 Å². The van der Waals surface area contributed by atoms with Crippen LogP contribution in [-0.4, -0.2) is 16.5 Å². The van der Waals surface area contributed by atoms with Gasteiger partial charge in [0.25, 0.3) is 0 Å². The van der Waals surface area contributed by atoms with Gasteiger partial charge in [0.15, 0.2) is 5.82 Å². The molecular weight excluding hydrogens is 394 g/mol. The Morgan fingerprint density at radius 1 is 1.14 bits per heavy atom. The molecule has 0 amide bonds. The van der Waals surface area contributed by atoms with Gasteiger partial charge in [0.1, 0.15) is 5.82 Å². The second-order valence-electron chi connectivity index (χ2n) is 4.90. The molecule has 0 fully saturated rings. The highest BCUT2D eigenvalue weighted by molar-refractivity contribution is 9.11. The largest absolute Gasteiger partial charge is 0.369 e. The number of hydrogen-bond donors (Lipinski definition) is 1. The Morgan fingerprint density at radius 2 is 1.90 bits per heavy atom. The summed E-state index contributed by atoms with van der Waals surface area (Å²) in [5.41, 5.74) is 3.25. The summed E-state index contributed by atoms with van der Waals surface area (Å²) in [5.74, 6) is 1.63. The first-order valence-corrected chi connectivity index (χ1v) is 8.72. The van der Waals surface area contributed by atoms with Crippen LogP contribution in [0.15, 0.2) is 27.1 Å². The molecule has 1 heterocycles. The molecule has 1 N–H and O–H groups in total. The van der Waals surface area contributed by atoms with E-state index in [1.54, 1.807) is 0 Å². The molecule has 0 aliphatic heterocycles. The van der Waals surface area contributed by atoms with E-state index < -0.39 is 0 Å². The summed E-state index contributed by atoms with van der Waals surface area (Å²) in [5, 5.41) is 3.36. The lowest BCUT2D eigenvalue weighted by Crippen LogP contribution is -2.07. The Kier molecular flexibility index (Phi) is 5.76. The van der Waals surface area contributed by atoms with Gasteiger partial charge >= 0.3 is 0 Å². The van der Waals surface area contributed by atoms with Crippen molar-refractivity contribution in [2.24, 2.45) is 0 Å². The Morgan fingerprint density at radius 3 is 2.52 bits per heavy atom. The van der Waals surface area contributed by atoms with Crippen molar-refractivity contribution >= 4 is 37.7 Å². The van der Waals surface area contributed by atoms with E-state index in [4.69, 9.17) is 0 Å². The minimum atomic E-state index is 0.759. The van der Waals surface area contributed by atoms with Crippen molar-refractivity contribution in [3.63, 3.8) is 0 Å². The number of anilines is 1. The van der Waals surface area contributed by atoms with Crippen LogP contribution < -0.4 is 5.32 Å². The second-order valence-corrected chi connectivity index (χ2v) is 6.55. The summed E-state index contributed by atoms with van der Waals surface area (Å²) >= 11 is 7.18. The maximum atomic E-state index is 4.68. The monoisotopic (exact) mass is 411 g/mol. The molecule has 0 unspecified atom stereocenters. The van der Waals surface area contributed by atoms with Gasteiger partial charge < -0.3 is 5.32 Å². The number of nitrogens with zero attached hydrogens (tertiary/aromatic N) is 2. The van der Waals surface area contributed by atoms with Crippen LogP contribution in [0, 0.1) is 6.92 Å². The van der Waals surface area contributed by atoms with Gasteiger partial charge in [-0.1, -0.05) is 41.9 Å². The minimum Gasteiger partial charge on any atom is -0.369 e. The van der Waals surface area contributed by atoms with E-state index >= 15 is 0 Å². The second kappa shape index (κ2) is 7.36. The van der Waals surface area contributed by atoms with Crippen LogP contribution in [0.4, 0.5) is 5.82 Å². The number of aromatic nitrogens is 2. The molecule has 3 nitrogen and oxygen atoms in total. The first-order chi connectivity index (χ1) is 10.1. The van der Waals surface area contributed by atoms with E-state index in [-0.39, 0.29) is 0 Å². The molecule has 0 saturated heterocycles. The van der Waals surface area contributed by atoms with Gasteiger partial charge in [0.2, 0.25) is 0 Å². The molecule has 0 bridgehead atoms. The molecule has 1 aromatic heterocycles. The molecule has 2 rings (SSSR count). The van der Waals surface area contributed by atoms with Crippen molar-refractivity contribution in [2.75, 3.05) is 11.9 Å². The van der Waals surface area contributed by atoms with E-state index in [1.807, 2.05) is 0 Å². The third-order valence-electron chi connectivity index (χ3n) is 3.23. The zero-order valence-corrected chi connectivity index (χ0v) is 15.7. The number of rotatable bonds is 5. The van der Waals surface area contributed by atoms with Crippen LogP contribution >= 0.6 is 31.9 Å². The average Bonchev–Trinajstić information content (AvgIpc) is 2.49. The fourth-order valence-corrected chi connectivity index (χ4v) is 2.93. The predicted molar refractivity (Wildman–Crippen MR) is 95.8 cm³/mol. The van der Waals surface area contributed by atoms with Crippen LogP contribution in [0.1, 0.15) is 31.5 Å². The number of hydrogen-bond acceptors (Lipinski definition) is 3. The van der Waals surface area contributed by atoms with E-state index in [0.717, 1.165) is 51.2 Å². The van der Waals surface area contributed by atoms with Gasteiger partial charge in [-0.05, 0) is 47.3 Å². The van der Waals surface area contributed by atoms with Crippen LogP contribution in [0.5, 0.6) is 0 Å². The fourth-order valence-electron chi connectivity index (χ4n) is 1.95. The summed E-state index contributed by atoms with van der Waals surface area (Å²) < 4.78 is 2.04. The molecule has 5 heteroatoms. The minimum absolute atomic E-state index is 0.759. The lowest BCUT2D eigenvalue weighted by molar-refractivity contribution is 0.944. The van der Waals surface area contributed by atoms with Gasteiger partial charge in [0.05, 0.1) is 10.2 Å². The zero-order chi connectivity index (χ0) is 15.4. The number of nitrogens with one attached hydrogen (secondary N) is 1. The number of aryl methyl sites for hydroxylation is 2. The van der Waals surface area contributed by atoms with Crippen molar-refractivity contribution in [1.82, 2.24) is 9.97 Å². The Labute approximate surface area is 142 Å². The topological polar surface area (TPSA) is 37.8 Å². The molecule has 1 aromatic carbocycles. The van der Waals surface area contributed by atoms with Gasteiger partial charge in [-0.2, -0.15) is 0 Å². The van der Waals surface area contributed by atoms with E-state index in [0.29, 0.717) is 0 Å². The zero-order valence-electron chi connectivity index (χ0n) is 12.5. The fraction of sp³-hybridized carbons (Fsp3) is 0.375. The van der Waals surface area contributed by atoms with Crippen molar-refractivity contribution in [3.05, 3.63) is 38.4 Å². The Balaban J connectivity index is 2.49. The lowest BCUT2D eigenvalue weighted by Gasteiger charge is -2.12. The Bertz CT molecular complexity index is 642. The standard InChI is InChI=1S/C16H19Br2N3/c1-4-8-19-16-14(18)13(5-2)20-15(21-16)11-7-6-10(3)12(17)9-11/h6-7,9H,4-5,8H2,1-3H3,(H,19,20,21). The van der Waals surface area contributed by atoms with E-state index in [9.17, 15) is 0 Å². The molecule has 0 radical (unpaired) electrons. The van der Waals surface area contributed by atoms with Crippen LogP contribution in [0.3, 0.4) is 0 Å². The maximum absolute atomic E-state index is 4.68. The van der Waals surface area contributed by atoms with Crippen LogP contribution in [0.25, 0.3) is 11.4 Å². The summed E-state index contributed by atoms with van der Waals surface area (Å²) in [6.45, 7) is 7.21. The summed E-state index contributed by atoms with van der Waals surface area (Å²) in [6, 6.07) is 6.21. The lowest BCUT2D eigenvalue weighted by atomic mass is 10.1. The molecule has 2 aromatic rings. The van der Waals surface area contributed by atoms with Crippen molar-refractivity contribution in [2.45, 2.75) is 33.6 Å². The highest BCUT2D eigenvalue weighted by Crippen LogP contribution is 2.29. The van der Waals surface area contributed by atoms with Crippen molar-refractivity contribution in [1.29, 1.82) is 0 Å². The maximum Gasteiger partial charge on any atom is 0.161 e. The summed E-state index contributed by atoms with van der Waals surface area (Å²) in [4.78, 5) is 9.35. The van der Waals surface area contributed by atoms with Crippen molar-refractivity contribution in [3.8, 4) is 11.4 Å². The SMILES string of the molecule is CCCNc1nc(-c2ccc(C)c(Br)c2)nc(CC)c1Br. The third kappa shape index (κ3) is 3.83. The van der Waals surface area contributed by atoms with Gasteiger partial charge in [-0.25, -0.2) is 9.97 Å². The molecule has 112 valence electrons. The Hall–Kier alpha value is -0.940. The molecule has 0 spiro atoms. The van der Waals surface area contributed by atoms with Crippen LogP contribution in [-0.2, 0) is 6.42 Å². The smallest absolute Gasteiger partial charge is 0.161 e. The summed E-state index contributed by atoms with van der Waals surface area (Å²) in [7, 11) is 0. The van der Waals surface area contributed by atoms with Gasteiger partial charge in [-0.15, -0.1) is 0 Å². The van der Waals surface area contributed by atoms with Crippen LogP contribution in [0.2, 0.25) is 0 Å². The number of halogens is 2. The third-order valence-corrected chi connectivity index (χ3v) is 4.91. The predicted octanol–water partition coefficient (Wildman–Crippen LogP) is 5.36.